The second-order valence-electron chi connectivity index (χ2n) is 8.13. The van der Waals surface area contributed by atoms with Gasteiger partial charge in [-0.15, -0.1) is 0 Å². The summed E-state index contributed by atoms with van der Waals surface area (Å²) in [7, 11) is 0. The summed E-state index contributed by atoms with van der Waals surface area (Å²) < 4.78 is 13.2. The molecule has 3 rings (SSSR count). The fourth-order valence-corrected chi connectivity index (χ4v) is 4.43. The van der Waals surface area contributed by atoms with Crippen molar-refractivity contribution in [3.8, 4) is 0 Å². The molecular formula is C22H29FN2O3. The summed E-state index contributed by atoms with van der Waals surface area (Å²) in [5, 5.41) is 3.07. The van der Waals surface area contributed by atoms with Gasteiger partial charge < -0.3 is 10.2 Å². The number of carbonyl (C=O) groups excluding carboxylic acids is 3. The molecule has 0 aromatic heterocycles. The highest BCUT2D eigenvalue weighted by Crippen LogP contribution is 2.30. The summed E-state index contributed by atoms with van der Waals surface area (Å²) >= 11 is 0. The molecule has 1 aromatic carbocycles. The molecule has 2 fully saturated rings. The van der Waals surface area contributed by atoms with Crippen molar-refractivity contribution in [3.63, 3.8) is 0 Å². The van der Waals surface area contributed by atoms with E-state index in [2.05, 4.69) is 5.32 Å². The molecule has 0 saturated carbocycles. The van der Waals surface area contributed by atoms with Crippen molar-refractivity contribution >= 4 is 17.6 Å². The van der Waals surface area contributed by atoms with Gasteiger partial charge in [-0.2, -0.15) is 0 Å². The first-order chi connectivity index (χ1) is 13.4. The Balaban J connectivity index is 1.62. The van der Waals surface area contributed by atoms with E-state index >= 15 is 0 Å². The number of carbonyl (C=O) groups is 3. The monoisotopic (exact) mass is 388 g/mol. The Morgan fingerprint density at radius 3 is 2.68 bits per heavy atom. The van der Waals surface area contributed by atoms with Gasteiger partial charge in [-0.1, -0.05) is 19.1 Å². The Hall–Kier alpha value is -2.24. The molecule has 0 radical (unpaired) electrons. The third-order valence-corrected chi connectivity index (χ3v) is 6.09. The first-order valence-electron chi connectivity index (χ1n) is 10.3. The summed E-state index contributed by atoms with van der Waals surface area (Å²) in [6.07, 6.45) is 4.84. The van der Waals surface area contributed by atoms with E-state index in [1.807, 2.05) is 11.8 Å². The standard InChI is InChI=1S/C22H29FN2O3/c1-2-19(26)17-4-3-13-25(15-17)21(28)10-12-22(11-9-20(27)24-22)14-16-5-7-18(23)8-6-16/h5-8,17H,2-4,9-15H2,1H3,(H,24,27)/t17-,22-/m0/s1. The fourth-order valence-electron chi connectivity index (χ4n) is 4.43. The van der Waals surface area contributed by atoms with Gasteiger partial charge in [0.05, 0.1) is 0 Å². The largest absolute Gasteiger partial charge is 0.350 e. The maximum atomic E-state index is 13.2. The van der Waals surface area contributed by atoms with Gasteiger partial charge in [0, 0.05) is 43.8 Å². The molecule has 0 spiro atoms. The number of ketones is 1. The van der Waals surface area contributed by atoms with E-state index in [1.54, 1.807) is 12.1 Å². The van der Waals surface area contributed by atoms with Gasteiger partial charge >= 0.3 is 0 Å². The second-order valence-corrected chi connectivity index (χ2v) is 8.13. The van der Waals surface area contributed by atoms with Gasteiger partial charge in [0.15, 0.2) is 0 Å². The molecule has 0 unspecified atom stereocenters. The zero-order chi connectivity index (χ0) is 20.1. The zero-order valence-electron chi connectivity index (χ0n) is 16.5. The molecule has 2 saturated heterocycles. The number of nitrogens with zero attached hydrogens (tertiary/aromatic N) is 1. The number of hydrogen-bond donors (Lipinski definition) is 1. The number of likely N-dealkylation sites (tertiary alicyclic amines) is 1. The van der Waals surface area contributed by atoms with Crippen molar-refractivity contribution in [2.75, 3.05) is 13.1 Å². The van der Waals surface area contributed by atoms with Crippen LogP contribution < -0.4 is 5.32 Å². The highest BCUT2D eigenvalue weighted by Gasteiger charge is 2.38. The highest BCUT2D eigenvalue weighted by atomic mass is 19.1. The summed E-state index contributed by atoms with van der Waals surface area (Å²) in [5.41, 5.74) is 0.488. The average molecular weight is 388 g/mol. The molecule has 1 aromatic rings. The molecule has 2 amide bonds. The lowest BCUT2D eigenvalue weighted by Crippen LogP contribution is -2.46. The van der Waals surface area contributed by atoms with Crippen LogP contribution in [0.5, 0.6) is 0 Å². The molecule has 2 atom stereocenters. The van der Waals surface area contributed by atoms with Crippen molar-refractivity contribution in [2.24, 2.45) is 5.92 Å². The van der Waals surface area contributed by atoms with E-state index in [1.165, 1.54) is 12.1 Å². The van der Waals surface area contributed by atoms with Gasteiger partial charge in [0.25, 0.3) is 0 Å². The molecular weight excluding hydrogens is 359 g/mol. The van der Waals surface area contributed by atoms with Crippen molar-refractivity contribution in [1.29, 1.82) is 0 Å². The minimum absolute atomic E-state index is 0.00106. The number of Topliss-reactive ketones (excluding diaryl/α,β-unsaturated/α-hetero) is 1. The number of halogens is 1. The predicted octanol–water partition coefficient (Wildman–Crippen LogP) is 3.01. The Kier molecular flexibility index (Phi) is 6.47. The van der Waals surface area contributed by atoms with Crippen LogP contribution in [0.1, 0.15) is 57.4 Å². The van der Waals surface area contributed by atoms with E-state index in [0.717, 1.165) is 18.4 Å². The first kappa shape index (κ1) is 20.5. The van der Waals surface area contributed by atoms with E-state index in [-0.39, 0.29) is 29.3 Å². The third-order valence-electron chi connectivity index (χ3n) is 6.09. The van der Waals surface area contributed by atoms with Crippen LogP contribution in [0.2, 0.25) is 0 Å². The molecule has 2 aliphatic heterocycles. The van der Waals surface area contributed by atoms with Crippen LogP contribution in [-0.2, 0) is 20.8 Å². The summed E-state index contributed by atoms with van der Waals surface area (Å²) in [6.45, 7) is 3.08. The number of piperidine rings is 1. The van der Waals surface area contributed by atoms with Crippen LogP contribution >= 0.6 is 0 Å². The number of rotatable bonds is 7. The minimum atomic E-state index is -0.459. The molecule has 6 heteroatoms. The van der Waals surface area contributed by atoms with Crippen molar-refractivity contribution < 1.29 is 18.8 Å². The Morgan fingerprint density at radius 2 is 2.04 bits per heavy atom. The molecule has 1 N–H and O–H groups in total. The topological polar surface area (TPSA) is 66.5 Å². The molecule has 152 valence electrons. The van der Waals surface area contributed by atoms with Crippen LogP contribution in [0.4, 0.5) is 4.39 Å². The SMILES string of the molecule is CCC(=O)[C@H]1CCCN(C(=O)CC[C@]2(Cc3ccc(F)cc3)CCC(=O)N2)C1. The van der Waals surface area contributed by atoms with E-state index in [0.29, 0.717) is 51.6 Å². The summed E-state index contributed by atoms with van der Waals surface area (Å²) in [5.74, 6) is -0.0468. The molecule has 0 aliphatic carbocycles. The van der Waals surface area contributed by atoms with E-state index < -0.39 is 5.54 Å². The number of benzene rings is 1. The number of amides is 2. The molecule has 0 bridgehead atoms. The van der Waals surface area contributed by atoms with Crippen LogP contribution in [0.3, 0.4) is 0 Å². The van der Waals surface area contributed by atoms with E-state index in [4.69, 9.17) is 0 Å². The van der Waals surface area contributed by atoms with Crippen LogP contribution in [0.25, 0.3) is 0 Å². The normalized spacial score (nSPS) is 24.9. The number of hydrogen-bond acceptors (Lipinski definition) is 3. The maximum Gasteiger partial charge on any atom is 0.222 e. The third kappa shape index (κ3) is 4.97. The van der Waals surface area contributed by atoms with Gasteiger partial charge in [0.2, 0.25) is 11.8 Å². The summed E-state index contributed by atoms with van der Waals surface area (Å²) in [6, 6.07) is 6.30. The molecule has 2 aliphatic rings. The fraction of sp³-hybridized carbons (Fsp3) is 0.591. The van der Waals surface area contributed by atoms with Gasteiger partial charge in [-0.05, 0) is 49.8 Å². The Bertz CT molecular complexity index is 734. The Labute approximate surface area is 165 Å². The molecule has 5 nitrogen and oxygen atoms in total. The Morgan fingerprint density at radius 1 is 1.29 bits per heavy atom. The zero-order valence-corrected chi connectivity index (χ0v) is 16.5. The maximum absolute atomic E-state index is 13.2. The lowest BCUT2D eigenvalue weighted by Gasteiger charge is -2.34. The van der Waals surface area contributed by atoms with Crippen molar-refractivity contribution in [2.45, 2.75) is 63.8 Å². The van der Waals surface area contributed by atoms with Gasteiger partial charge in [0.1, 0.15) is 11.6 Å². The minimum Gasteiger partial charge on any atom is -0.350 e. The van der Waals surface area contributed by atoms with E-state index in [9.17, 15) is 18.8 Å². The van der Waals surface area contributed by atoms with Crippen LogP contribution in [0.15, 0.2) is 24.3 Å². The lowest BCUT2D eigenvalue weighted by atomic mass is 9.84. The molecule has 2 heterocycles. The van der Waals surface area contributed by atoms with Crippen molar-refractivity contribution in [1.82, 2.24) is 10.2 Å². The average Bonchev–Trinajstić information content (AvgIpc) is 3.08. The van der Waals surface area contributed by atoms with Crippen LogP contribution in [-0.4, -0.2) is 41.1 Å². The lowest BCUT2D eigenvalue weighted by molar-refractivity contribution is -0.135. The predicted molar refractivity (Wildman–Crippen MR) is 104 cm³/mol. The summed E-state index contributed by atoms with van der Waals surface area (Å²) in [4.78, 5) is 38.5. The van der Waals surface area contributed by atoms with Gasteiger partial charge in [-0.3, -0.25) is 14.4 Å². The van der Waals surface area contributed by atoms with Crippen molar-refractivity contribution in [3.05, 3.63) is 35.6 Å². The highest BCUT2D eigenvalue weighted by molar-refractivity contribution is 5.83. The number of nitrogens with one attached hydrogen (secondary N) is 1. The second kappa shape index (κ2) is 8.84. The molecule has 28 heavy (non-hydrogen) atoms. The smallest absolute Gasteiger partial charge is 0.222 e. The first-order valence-corrected chi connectivity index (χ1v) is 10.3. The quantitative estimate of drug-likeness (QED) is 0.781. The van der Waals surface area contributed by atoms with Gasteiger partial charge in [-0.25, -0.2) is 4.39 Å². The van der Waals surface area contributed by atoms with Crippen LogP contribution in [0, 0.1) is 11.7 Å².